The van der Waals surface area contributed by atoms with E-state index in [0.717, 1.165) is 23.3 Å². The van der Waals surface area contributed by atoms with Gasteiger partial charge in [-0.3, -0.25) is 4.79 Å². The van der Waals surface area contributed by atoms with Crippen LogP contribution >= 0.6 is 35.0 Å². The van der Waals surface area contributed by atoms with Crippen molar-refractivity contribution < 1.29 is 4.79 Å². The summed E-state index contributed by atoms with van der Waals surface area (Å²) in [6.07, 6.45) is 0.867. The first-order valence-corrected chi connectivity index (χ1v) is 10.2. The van der Waals surface area contributed by atoms with Crippen LogP contribution < -0.4 is 5.32 Å². The fraction of sp³-hybridized carbons (Fsp3) is 0.350. The maximum absolute atomic E-state index is 12.3. The number of carbonyl (C=O) groups excluding carboxylic acids is 1. The number of aryl methyl sites for hydroxylation is 2. The van der Waals surface area contributed by atoms with Gasteiger partial charge in [-0.25, -0.2) is 0 Å². The van der Waals surface area contributed by atoms with Crippen molar-refractivity contribution in [3.05, 3.63) is 68.7 Å². The smallest absolute Gasteiger partial charge is 0.230 e. The van der Waals surface area contributed by atoms with Crippen molar-refractivity contribution >= 4 is 40.9 Å². The van der Waals surface area contributed by atoms with E-state index >= 15 is 0 Å². The molecule has 0 bridgehead atoms. The molecule has 1 N–H and O–H groups in total. The first kappa shape index (κ1) is 20.2. The first-order valence-electron chi connectivity index (χ1n) is 8.29. The minimum Gasteiger partial charge on any atom is -0.349 e. The van der Waals surface area contributed by atoms with E-state index in [0.29, 0.717) is 15.8 Å². The number of nitrogens with one attached hydrogen (secondary N) is 1. The van der Waals surface area contributed by atoms with Gasteiger partial charge in [-0.15, -0.1) is 11.8 Å². The Morgan fingerprint density at radius 1 is 1.08 bits per heavy atom. The molecule has 25 heavy (non-hydrogen) atoms. The van der Waals surface area contributed by atoms with Gasteiger partial charge in [-0.2, -0.15) is 0 Å². The summed E-state index contributed by atoms with van der Waals surface area (Å²) in [5, 5.41) is 4.22. The number of rotatable bonds is 7. The van der Waals surface area contributed by atoms with E-state index in [1.165, 1.54) is 11.1 Å². The van der Waals surface area contributed by atoms with Crippen LogP contribution in [0.1, 0.15) is 41.6 Å². The molecule has 0 aliphatic heterocycles. The Morgan fingerprint density at radius 3 is 2.48 bits per heavy atom. The molecule has 0 heterocycles. The SMILES string of the molecule is CC[C@@H](NC(=O)CSCc1ccc(Cl)c(Cl)c1)c1ccc(C)c(C)c1. The van der Waals surface area contributed by atoms with Crippen molar-refractivity contribution in [2.45, 2.75) is 39.0 Å². The molecule has 0 saturated carbocycles. The van der Waals surface area contributed by atoms with Crippen LogP contribution in [0.25, 0.3) is 0 Å². The summed E-state index contributed by atoms with van der Waals surface area (Å²) in [5.41, 5.74) is 4.74. The Labute approximate surface area is 164 Å². The van der Waals surface area contributed by atoms with Crippen LogP contribution in [0.4, 0.5) is 0 Å². The number of hydrogen-bond acceptors (Lipinski definition) is 2. The van der Waals surface area contributed by atoms with Crippen LogP contribution in [0.5, 0.6) is 0 Å². The van der Waals surface area contributed by atoms with E-state index in [1.807, 2.05) is 12.1 Å². The van der Waals surface area contributed by atoms with Gasteiger partial charge in [-0.05, 0) is 54.7 Å². The summed E-state index contributed by atoms with van der Waals surface area (Å²) in [7, 11) is 0. The highest BCUT2D eigenvalue weighted by Crippen LogP contribution is 2.25. The summed E-state index contributed by atoms with van der Waals surface area (Å²) in [6.45, 7) is 6.28. The molecule has 2 nitrogen and oxygen atoms in total. The molecule has 0 radical (unpaired) electrons. The van der Waals surface area contributed by atoms with Crippen LogP contribution in [-0.4, -0.2) is 11.7 Å². The van der Waals surface area contributed by atoms with Gasteiger partial charge in [0.05, 0.1) is 21.8 Å². The summed E-state index contributed by atoms with van der Waals surface area (Å²) in [6, 6.07) is 12.0. The van der Waals surface area contributed by atoms with Gasteiger partial charge in [0.15, 0.2) is 0 Å². The molecule has 0 aliphatic carbocycles. The van der Waals surface area contributed by atoms with Crippen LogP contribution in [0.3, 0.4) is 0 Å². The topological polar surface area (TPSA) is 29.1 Å². The highest BCUT2D eigenvalue weighted by atomic mass is 35.5. The van der Waals surface area contributed by atoms with Crippen LogP contribution in [0, 0.1) is 13.8 Å². The molecule has 1 amide bonds. The molecule has 2 aromatic rings. The predicted molar refractivity (Wildman–Crippen MR) is 110 cm³/mol. The van der Waals surface area contributed by atoms with Crippen molar-refractivity contribution in [3.8, 4) is 0 Å². The predicted octanol–water partition coefficient (Wildman–Crippen LogP) is 6.11. The third-order valence-electron chi connectivity index (χ3n) is 4.16. The van der Waals surface area contributed by atoms with E-state index in [-0.39, 0.29) is 11.9 Å². The van der Waals surface area contributed by atoms with Gasteiger partial charge in [0.1, 0.15) is 0 Å². The lowest BCUT2D eigenvalue weighted by molar-refractivity contribution is -0.119. The molecule has 2 rings (SSSR count). The Hall–Kier alpha value is -1.16. The third-order valence-corrected chi connectivity index (χ3v) is 5.91. The highest BCUT2D eigenvalue weighted by Gasteiger charge is 2.13. The van der Waals surface area contributed by atoms with E-state index in [1.54, 1.807) is 17.8 Å². The Balaban J connectivity index is 1.87. The molecule has 0 aromatic heterocycles. The van der Waals surface area contributed by atoms with Crippen LogP contribution in [-0.2, 0) is 10.5 Å². The molecular formula is C20H23Cl2NOS. The molecule has 1 atom stereocenters. The van der Waals surface area contributed by atoms with Crippen molar-refractivity contribution in [2.75, 3.05) is 5.75 Å². The molecule has 0 aliphatic rings. The van der Waals surface area contributed by atoms with E-state index < -0.39 is 0 Å². The largest absolute Gasteiger partial charge is 0.349 e. The highest BCUT2D eigenvalue weighted by molar-refractivity contribution is 7.99. The zero-order valence-corrected chi connectivity index (χ0v) is 17.1. The summed E-state index contributed by atoms with van der Waals surface area (Å²) >= 11 is 13.5. The second-order valence-electron chi connectivity index (χ2n) is 6.11. The molecule has 0 fully saturated rings. The molecular weight excluding hydrogens is 373 g/mol. The van der Waals surface area contributed by atoms with Gasteiger partial charge >= 0.3 is 0 Å². The lowest BCUT2D eigenvalue weighted by Gasteiger charge is -2.18. The van der Waals surface area contributed by atoms with Crippen molar-refractivity contribution in [1.82, 2.24) is 5.32 Å². The number of thioether (sulfide) groups is 1. The number of hydrogen-bond donors (Lipinski definition) is 1. The van der Waals surface area contributed by atoms with Gasteiger partial charge < -0.3 is 5.32 Å². The van der Waals surface area contributed by atoms with Crippen LogP contribution in [0.15, 0.2) is 36.4 Å². The van der Waals surface area contributed by atoms with Crippen LogP contribution in [0.2, 0.25) is 10.0 Å². The quantitative estimate of drug-likeness (QED) is 0.612. The number of carbonyl (C=O) groups is 1. The average Bonchev–Trinajstić information content (AvgIpc) is 2.58. The van der Waals surface area contributed by atoms with Gasteiger partial charge in [0.25, 0.3) is 0 Å². The zero-order chi connectivity index (χ0) is 18.4. The van der Waals surface area contributed by atoms with E-state index in [4.69, 9.17) is 23.2 Å². The maximum Gasteiger partial charge on any atom is 0.230 e. The molecule has 0 unspecified atom stereocenters. The normalized spacial score (nSPS) is 12.0. The maximum atomic E-state index is 12.3. The number of amides is 1. The van der Waals surface area contributed by atoms with Gasteiger partial charge in [-0.1, -0.05) is 54.4 Å². The molecule has 134 valence electrons. The fourth-order valence-electron chi connectivity index (χ4n) is 2.53. The monoisotopic (exact) mass is 395 g/mol. The first-order chi connectivity index (χ1) is 11.9. The zero-order valence-electron chi connectivity index (χ0n) is 14.7. The minimum atomic E-state index is 0.0511. The Bertz CT molecular complexity index is 748. The summed E-state index contributed by atoms with van der Waals surface area (Å²) in [5.74, 6) is 1.20. The van der Waals surface area contributed by atoms with Gasteiger partial charge in [0, 0.05) is 5.75 Å². The summed E-state index contributed by atoms with van der Waals surface area (Å²) < 4.78 is 0. The lowest BCUT2D eigenvalue weighted by Crippen LogP contribution is -2.29. The standard InChI is InChI=1S/C20H23Cl2NOS/c1-4-19(16-7-5-13(2)14(3)9-16)23-20(24)12-25-11-15-6-8-17(21)18(22)10-15/h5-10,19H,4,11-12H2,1-3H3,(H,23,24)/t19-/m1/s1. The number of benzene rings is 2. The lowest BCUT2D eigenvalue weighted by atomic mass is 9.99. The average molecular weight is 396 g/mol. The van der Waals surface area contributed by atoms with Gasteiger partial charge in [0.2, 0.25) is 5.91 Å². The summed E-state index contributed by atoms with van der Waals surface area (Å²) in [4.78, 5) is 12.3. The van der Waals surface area contributed by atoms with E-state index in [2.05, 4.69) is 44.3 Å². The van der Waals surface area contributed by atoms with Crippen molar-refractivity contribution in [2.24, 2.45) is 0 Å². The fourth-order valence-corrected chi connectivity index (χ4v) is 3.64. The van der Waals surface area contributed by atoms with E-state index in [9.17, 15) is 4.79 Å². The second-order valence-corrected chi connectivity index (χ2v) is 7.91. The molecule has 5 heteroatoms. The minimum absolute atomic E-state index is 0.0511. The molecule has 2 aromatic carbocycles. The molecule has 0 saturated heterocycles. The second kappa shape index (κ2) is 9.51. The number of halogens is 2. The van der Waals surface area contributed by atoms with Crippen molar-refractivity contribution in [3.63, 3.8) is 0 Å². The molecule has 0 spiro atoms. The Kier molecular flexibility index (Phi) is 7.67. The third kappa shape index (κ3) is 5.95. The van der Waals surface area contributed by atoms with Crippen molar-refractivity contribution in [1.29, 1.82) is 0 Å². The Morgan fingerprint density at radius 2 is 1.84 bits per heavy atom.